The molecule has 80 valence electrons. The molecule has 14 heavy (non-hydrogen) atoms. The van der Waals surface area contributed by atoms with Crippen LogP contribution in [0.3, 0.4) is 0 Å². The number of carbonyl (C=O) groups is 1. The second-order valence-corrected chi connectivity index (χ2v) is 4.07. The Morgan fingerprint density at radius 3 is 2.36 bits per heavy atom. The van der Waals surface area contributed by atoms with Crippen molar-refractivity contribution in [2.24, 2.45) is 4.99 Å². The highest BCUT2D eigenvalue weighted by molar-refractivity contribution is 6.02. The Hall–Kier alpha value is -1.06. The summed E-state index contributed by atoms with van der Waals surface area (Å²) in [7, 11) is 0. The van der Waals surface area contributed by atoms with Crippen LogP contribution in [0, 0.1) is 0 Å². The van der Waals surface area contributed by atoms with Crippen molar-refractivity contribution in [3.05, 3.63) is 0 Å². The summed E-state index contributed by atoms with van der Waals surface area (Å²) in [5, 5.41) is 0. The summed E-state index contributed by atoms with van der Waals surface area (Å²) in [6.07, 6.45) is -0.394. The van der Waals surface area contributed by atoms with E-state index in [0.717, 1.165) is 0 Å². The normalized spacial score (nSPS) is 25.4. The van der Waals surface area contributed by atoms with Gasteiger partial charge in [-0.25, -0.2) is 4.99 Å². The van der Waals surface area contributed by atoms with Crippen LogP contribution in [0.4, 0.5) is 0 Å². The van der Waals surface area contributed by atoms with Crippen molar-refractivity contribution >= 4 is 11.9 Å². The molecule has 0 N–H and O–H groups in total. The molecule has 1 aliphatic heterocycles. The van der Waals surface area contributed by atoms with E-state index in [-0.39, 0.29) is 18.0 Å². The van der Waals surface area contributed by atoms with Crippen LogP contribution in [0.15, 0.2) is 4.99 Å². The van der Waals surface area contributed by atoms with E-state index in [2.05, 4.69) is 4.99 Å². The Morgan fingerprint density at radius 2 is 1.93 bits per heavy atom. The first-order chi connectivity index (χ1) is 6.43. The molecule has 0 aliphatic carbocycles. The van der Waals surface area contributed by atoms with Crippen molar-refractivity contribution in [3.8, 4) is 0 Å². The molecule has 1 amide bonds. The van der Waals surface area contributed by atoms with Crippen molar-refractivity contribution in [1.29, 1.82) is 0 Å². The zero-order valence-electron chi connectivity index (χ0n) is 9.44. The van der Waals surface area contributed by atoms with Gasteiger partial charge in [-0.15, -0.1) is 0 Å². The van der Waals surface area contributed by atoms with Crippen LogP contribution in [-0.4, -0.2) is 35.0 Å². The Kier molecular flexibility index (Phi) is 3.13. The third-order valence-electron chi connectivity index (χ3n) is 1.96. The van der Waals surface area contributed by atoms with Gasteiger partial charge < -0.3 is 4.74 Å². The summed E-state index contributed by atoms with van der Waals surface area (Å²) in [6.45, 7) is 9.58. The van der Waals surface area contributed by atoms with E-state index < -0.39 is 6.10 Å². The van der Waals surface area contributed by atoms with Crippen molar-refractivity contribution in [2.45, 2.75) is 52.8 Å². The molecule has 0 aromatic heterocycles. The van der Waals surface area contributed by atoms with Crippen LogP contribution in [0.1, 0.15) is 34.6 Å². The topological polar surface area (TPSA) is 41.9 Å². The molecule has 4 nitrogen and oxygen atoms in total. The zero-order valence-corrected chi connectivity index (χ0v) is 9.44. The fraction of sp³-hybridized carbons (Fsp3) is 0.800. The summed E-state index contributed by atoms with van der Waals surface area (Å²) in [4.78, 5) is 17.6. The van der Waals surface area contributed by atoms with Crippen LogP contribution in [-0.2, 0) is 9.53 Å². The molecule has 1 rings (SSSR count). The van der Waals surface area contributed by atoms with Crippen molar-refractivity contribution < 1.29 is 9.53 Å². The van der Waals surface area contributed by atoms with Crippen molar-refractivity contribution in [2.75, 3.05) is 0 Å². The Bertz CT molecular complexity index is 259. The van der Waals surface area contributed by atoms with Gasteiger partial charge in [-0.1, -0.05) is 0 Å². The SMILES string of the molecule is CC(C)/N=C1/OC(C)C(=O)N1C(C)C. The summed E-state index contributed by atoms with van der Waals surface area (Å²) in [5.74, 6) is -0.000556. The molecule has 4 heteroatoms. The third kappa shape index (κ3) is 2.05. The smallest absolute Gasteiger partial charge is 0.295 e. The van der Waals surface area contributed by atoms with Gasteiger partial charge in [0.2, 0.25) is 0 Å². The van der Waals surface area contributed by atoms with E-state index in [1.807, 2.05) is 27.7 Å². The Balaban J connectivity index is 2.91. The number of amidine groups is 1. The van der Waals surface area contributed by atoms with E-state index in [0.29, 0.717) is 6.02 Å². The van der Waals surface area contributed by atoms with Gasteiger partial charge in [-0.2, -0.15) is 0 Å². The van der Waals surface area contributed by atoms with Crippen LogP contribution in [0.25, 0.3) is 0 Å². The quantitative estimate of drug-likeness (QED) is 0.673. The van der Waals surface area contributed by atoms with Gasteiger partial charge >= 0.3 is 0 Å². The minimum absolute atomic E-state index is 0.000556. The predicted molar refractivity (Wildman–Crippen MR) is 55.1 cm³/mol. The van der Waals surface area contributed by atoms with Gasteiger partial charge in [0.25, 0.3) is 11.9 Å². The van der Waals surface area contributed by atoms with Crippen LogP contribution >= 0.6 is 0 Å². The van der Waals surface area contributed by atoms with Gasteiger partial charge in [0.05, 0.1) is 0 Å². The maximum absolute atomic E-state index is 11.7. The van der Waals surface area contributed by atoms with Crippen molar-refractivity contribution in [1.82, 2.24) is 4.90 Å². The average Bonchev–Trinajstić information content (AvgIpc) is 2.26. The number of hydrogen-bond acceptors (Lipinski definition) is 3. The highest BCUT2D eigenvalue weighted by atomic mass is 16.5. The zero-order chi connectivity index (χ0) is 10.9. The average molecular weight is 198 g/mol. The van der Waals surface area contributed by atoms with Gasteiger partial charge in [0.1, 0.15) is 0 Å². The molecule has 1 atom stereocenters. The van der Waals surface area contributed by atoms with E-state index in [9.17, 15) is 4.79 Å². The number of aliphatic imine (C=N–C) groups is 1. The molecule has 1 aliphatic rings. The molecule has 1 saturated heterocycles. The lowest BCUT2D eigenvalue weighted by atomic mass is 10.3. The molecule has 0 spiro atoms. The first kappa shape index (κ1) is 11.0. The van der Waals surface area contributed by atoms with Gasteiger partial charge in [0, 0.05) is 12.1 Å². The van der Waals surface area contributed by atoms with Crippen LogP contribution < -0.4 is 0 Å². The lowest BCUT2D eigenvalue weighted by molar-refractivity contribution is -0.130. The summed E-state index contributed by atoms with van der Waals surface area (Å²) in [5.41, 5.74) is 0. The minimum Gasteiger partial charge on any atom is -0.452 e. The summed E-state index contributed by atoms with van der Waals surface area (Å²) >= 11 is 0. The molecule has 0 saturated carbocycles. The molecule has 1 heterocycles. The fourth-order valence-electron chi connectivity index (χ4n) is 1.34. The number of nitrogens with zero attached hydrogens (tertiary/aromatic N) is 2. The van der Waals surface area contributed by atoms with Crippen molar-refractivity contribution in [3.63, 3.8) is 0 Å². The molecule has 1 fully saturated rings. The maximum Gasteiger partial charge on any atom is 0.295 e. The van der Waals surface area contributed by atoms with Crippen LogP contribution in [0.2, 0.25) is 0 Å². The highest BCUT2D eigenvalue weighted by Crippen LogP contribution is 2.16. The minimum atomic E-state index is -0.394. The number of amides is 1. The largest absolute Gasteiger partial charge is 0.452 e. The molecule has 0 aromatic rings. The first-order valence-corrected chi connectivity index (χ1v) is 5.01. The number of ether oxygens (including phenoxy) is 1. The van der Waals surface area contributed by atoms with Gasteiger partial charge in [-0.3, -0.25) is 9.69 Å². The van der Waals surface area contributed by atoms with E-state index in [1.54, 1.807) is 11.8 Å². The molecule has 0 radical (unpaired) electrons. The lowest BCUT2D eigenvalue weighted by Crippen LogP contribution is -2.37. The Morgan fingerprint density at radius 1 is 1.36 bits per heavy atom. The molecule has 0 aromatic carbocycles. The molecular formula is C10H18N2O2. The summed E-state index contributed by atoms with van der Waals surface area (Å²) < 4.78 is 5.38. The lowest BCUT2D eigenvalue weighted by Gasteiger charge is -2.18. The van der Waals surface area contributed by atoms with E-state index in [4.69, 9.17) is 4.74 Å². The molecule has 1 unspecified atom stereocenters. The number of hydrogen-bond donors (Lipinski definition) is 0. The first-order valence-electron chi connectivity index (χ1n) is 5.01. The third-order valence-corrected chi connectivity index (χ3v) is 1.96. The monoisotopic (exact) mass is 198 g/mol. The highest BCUT2D eigenvalue weighted by Gasteiger charge is 2.37. The molecular weight excluding hydrogens is 180 g/mol. The second-order valence-electron chi connectivity index (χ2n) is 4.07. The molecule has 0 bridgehead atoms. The van der Waals surface area contributed by atoms with Gasteiger partial charge in [0.15, 0.2) is 6.10 Å². The predicted octanol–water partition coefficient (Wildman–Crippen LogP) is 1.41. The van der Waals surface area contributed by atoms with E-state index >= 15 is 0 Å². The number of rotatable bonds is 2. The summed E-state index contributed by atoms with van der Waals surface area (Å²) in [6, 6.07) is 0.710. The van der Waals surface area contributed by atoms with Crippen LogP contribution in [0.5, 0.6) is 0 Å². The van der Waals surface area contributed by atoms with E-state index in [1.165, 1.54) is 0 Å². The second kappa shape index (κ2) is 3.98. The number of carbonyl (C=O) groups excluding carboxylic acids is 1. The standard InChI is InChI=1S/C10H18N2O2/c1-6(2)11-10-12(7(3)4)9(13)8(5)14-10/h6-8H,1-5H3/b11-10+. The Labute approximate surface area is 84.9 Å². The van der Waals surface area contributed by atoms with Gasteiger partial charge in [-0.05, 0) is 34.6 Å². The fourth-order valence-corrected chi connectivity index (χ4v) is 1.34. The maximum atomic E-state index is 11.7.